The van der Waals surface area contributed by atoms with Gasteiger partial charge in [-0.3, -0.25) is 9.59 Å². The summed E-state index contributed by atoms with van der Waals surface area (Å²) in [5.41, 5.74) is 1.23. The molecule has 1 saturated heterocycles. The number of nitrogens with zero attached hydrogens (tertiary/aromatic N) is 2. The summed E-state index contributed by atoms with van der Waals surface area (Å²) in [6.45, 7) is 8.79. The Balaban J connectivity index is 2.04. The van der Waals surface area contributed by atoms with Gasteiger partial charge in [0.15, 0.2) is 0 Å². The van der Waals surface area contributed by atoms with Crippen LogP contribution in [0.2, 0.25) is 0 Å². The van der Waals surface area contributed by atoms with E-state index in [0.29, 0.717) is 36.8 Å². The molecule has 2 aromatic carbocycles. The van der Waals surface area contributed by atoms with Crippen molar-refractivity contribution in [3.8, 4) is 11.5 Å². The van der Waals surface area contributed by atoms with Crippen molar-refractivity contribution >= 4 is 17.4 Å². The van der Waals surface area contributed by atoms with E-state index in [4.69, 9.17) is 9.47 Å². The summed E-state index contributed by atoms with van der Waals surface area (Å²) in [5.74, 6) is -0.231. The minimum atomic E-state index is -0.704. The van der Waals surface area contributed by atoms with Crippen molar-refractivity contribution < 1.29 is 24.2 Å². The van der Waals surface area contributed by atoms with Crippen molar-refractivity contribution in [2.24, 2.45) is 0 Å². The summed E-state index contributed by atoms with van der Waals surface area (Å²) >= 11 is 0. The van der Waals surface area contributed by atoms with E-state index in [2.05, 4.69) is 6.58 Å². The Morgan fingerprint density at radius 1 is 1.09 bits per heavy atom. The van der Waals surface area contributed by atoms with Crippen LogP contribution in [0.3, 0.4) is 0 Å². The van der Waals surface area contributed by atoms with Gasteiger partial charge in [0.25, 0.3) is 11.7 Å². The van der Waals surface area contributed by atoms with Gasteiger partial charge in [-0.1, -0.05) is 24.8 Å². The zero-order chi connectivity index (χ0) is 24.8. The molecule has 0 spiro atoms. The number of carbonyl (C=O) groups excluding carboxylic acids is 2. The van der Waals surface area contributed by atoms with Crippen LogP contribution >= 0.6 is 0 Å². The maximum Gasteiger partial charge on any atom is 0.295 e. The van der Waals surface area contributed by atoms with Crippen molar-refractivity contribution in [3.05, 3.63) is 77.9 Å². The number of aliphatic hydroxyl groups excluding tert-OH is 1. The molecule has 0 unspecified atom stereocenters. The Bertz CT molecular complexity index is 1060. The molecule has 34 heavy (non-hydrogen) atoms. The maximum atomic E-state index is 13.1. The molecule has 1 aliphatic heterocycles. The molecule has 0 radical (unpaired) electrons. The summed E-state index contributed by atoms with van der Waals surface area (Å²) in [6, 6.07) is 13.3. The highest BCUT2D eigenvalue weighted by molar-refractivity contribution is 6.46. The fraction of sp³-hybridized carbons (Fsp3) is 0.333. The van der Waals surface area contributed by atoms with Crippen LogP contribution in [0.4, 0.5) is 0 Å². The van der Waals surface area contributed by atoms with Crippen molar-refractivity contribution in [2.45, 2.75) is 26.0 Å². The molecule has 180 valence electrons. The van der Waals surface area contributed by atoms with Crippen LogP contribution in [0, 0.1) is 0 Å². The van der Waals surface area contributed by atoms with Gasteiger partial charge in [0.1, 0.15) is 23.9 Å². The smallest absolute Gasteiger partial charge is 0.295 e. The lowest BCUT2D eigenvalue weighted by molar-refractivity contribution is -0.140. The van der Waals surface area contributed by atoms with E-state index in [1.165, 1.54) is 4.90 Å². The molecule has 7 heteroatoms. The first-order valence-electron chi connectivity index (χ1n) is 11.3. The van der Waals surface area contributed by atoms with Crippen LogP contribution in [0.15, 0.2) is 66.8 Å². The van der Waals surface area contributed by atoms with Gasteiger partial charge in [0.05, 0.1) is 17.7 Å². The van der Waals surface area contributed by atoms with E-state index in [-0.39, 0.29) is 17.4 Å². The molecule has 0 bridgehead atoms. The Morgan fingerprint density at radius 2 is 1.71 bits per heavy atom. The van der Waals surface area contributed by atoms with Gasteiger partial charge in [-0.05, 0) is 69.9 Å². The molecule has 1 fully saturated rings. The molecule has 1 atom stereocenters. The number of amides is 1. The Morgan fingerprint density at radius 3 is 2.26 bits per heavy atom. The van der Waals surface area contributed by atoms with Gasteiger partial charge < -0.3 is 24.4 Å². The van der Waals surface area contributed by atoms with E-state index >= 15 is 0 Å². The van der Waals surface area contributed by atoms with Crippen LogP contribution in [0.1, 0.15) is 31.0 Å². The predicted octanol–water partition coefficient (Wildman–Crippen LogP) is 4.02. The lowest BCUT2D eigenvalue weighted by Crippen LogP contribution is -2.35. The predicted molar refractivity (Wildman–Crippen MR) is 132 cm³/mol. The van der Waals surface area contributed by atoms with E-state index in [1.54, 1.807) is 30.3 Å². The van der Waals surface area contributed by atoms with Crippen LogP contribution in [0.25, 0.3) is 5.76 Å². The van der Waals surface area contributed by atoms with Crippen LogP contribution in [-0.2, 0) is 9.59 Å². The topological polar surface area (TPSA) is 79.3 Å². The van der Waals surface area contributed by atoms with E-state index < -0.39 is 17.7 Å². The Hall–Kier alpha value is -3.58. The fourth-order valence-corrected chi connectivity index (χ4v) is 3.79. The first-order valence-corrected chi connectivity index (χ1v) is 11.3. The monoisotopic (exact) mass is 464 g/mol. The normalized spacial score (nSPS) is 17.5. The zero-order valence-electron chi connectivity index (χ0n) is 20.2. The van der Waals surface area contributed by atoms with Crippen molar-refractivity contribution in [1.29, 1.82) is 0 Å². The number of likely N-dealkylation sites (N-methyl/N-ethyl adjacent to an activating group) is 1. The highest BCUT2D eigenvalue weighted by Gasteiger charge is 2.45. The largest absolute Gasteiger partial charge is 0.507 e. The van der Waals surface area contributed by atoms with Crippen LogP contribution in [-0.4, -0.2) is 66.5 Å². The molecule has 1 amide bonds. The number of Topliss-reactive ketones (excluding diaryl/α,β-unsaturated/α-hetero) is 1. The van der Waals surface area contributed by atoms with Gasteiger partial charge >= 0.3 is 0 Å². The van der Waals surface area contributed by atoms with E-state index in [9.17, 15) is 14.7 Å². The third-order valence-corrected chi connectivity index (χ3v) is 5.39. The standard InChI is InChI=1S/C27H32N2O5/c1-6-17-33-21-11-9-20(10-12-21)25(30)23-24(19-7-13-22(14-8-19)34-18(2)3)29(16-15-28(4)5)27(32)26(23)31/h6-14,18,24,30H,1,15-17H2,2-5H3/t24-/m0/s1. The number of hydrogen-bond donors (Lipinski definition) is 1. The number of aliphatic hydroxyl groups is 1. The van der Waals surface area contributed by atoms with E-state index in [1.807, 2.05) is 57.1 Å². The SMILES string of the molecule is C=CCOc1ccc(C(O)=C2C(=O)C(=O)N(CCN(C)C)[C@H]2c2ccc(OC(C)C)cc2)cc1. The minimum absolute atomic E-state index is 0.0232. The second kappa shape index (κ2) is 11.0. The maximum absolute atomic E-state index is 13.1. The van der Waals surface area contributed by atoms with Gasteiger partial charge in [0, 0.05) is 18.7 Å². The van der Waals surface area contributed by atoms with Gasteiger partial charge in [0.2, 0.25) is 0 Å². The number of hydrogen-bond acceptors (Lipinski definition) is 6. The Kier molecular flexibility index (Phi) is 8.12. The summed E-state index contributed by atoms with van der Waals surface area (Å²) in [6.07, 6.45) is 1.66. The number of rotatable bonds is 10. The van der Waals surface area contributed by atoms with E-state index in [0.717, 1.165) is 5.56 Å². The summed E-state index contributed by atoms with van der Waals surface area (Å²) in [5, 5.41) is 11.2. The number of ether oxygens (including phenoxy) is 2. The second-order valence-corrected chi connectivity index (χ2v) is 8.66. The zero-order valence-corrected chi connectivity index (χ0v) is 20.2. The third kappa shape index (κ3) is 5.66. The average Bonchev–Trinajstić information content (AvgIpc) is 3.06. The highest BCUT2D eigenvalue weighted by atomic mass is 16.5. The molecule has 2 aromatic rings. The molecular weight excluding hydrogens is 432 g/mol. The van der Waals surface area contributed by atoms with Crippen LogP contribution in [0.5, 0.6) is 11.5 Å². The molecule has 7 nitrogen and oxygen atoms in total. The minimum Gasteiger partial charge on any atom is -0.507 e. The van der Waals surface area contributed by atoms with Crippen molar-refractivity contribution in [3.63, 3.8) is 0 Å². The lowest BCUT2D eigenvalue weighted by Gasteiger charge is -2.26. The molecule has 0 saturated carbocycles. The number of likely N-dealkylation sites (tertiary alicyclic amines) is 1. The molecule has 1 aliphatic rings. The van der Waals surface area contributed by atoms with Gasteiger partial charge in [-0.2, -0.15) is 0 Å². The molecule has 0 aliphatic carbocycles. The third-order valence-electron chi connectivity index (χ3n) is 5.39. The summed E-state index contributed by atoms with van der Waals surface area (Å²) in [4.78, 5) is 29.6. The van der Waals surface area contributed by atoms with Crippen molar-refractivity contribution in [2.75, 3.05) is 33.8 Å². The van der Waals surface area contributed by atoms with Crippen LogP contribution < -0.4 is 9.47 Å². The fourth-order valence-electron chi connectivity index (χ4n) is 3.79. The van der Waals surface area contributed by atoms with Crippen molar-refractivity contribution in [1.82, 2.24) is 9.80 Å². The summed E-state index contributed by atoms with van der Waals surface area (Å²) < 4.78 is 11.2. The summed E-state index contributed by atoms with van der Waals surface area (Å²) in [7, 11) is 3.80. The number of carbonyl (C=O) groups is 2. The molecule has 0 aromatic heterocycles. The Labute approximate surface area is 200 Å². The average molecular weight is 465 g/mol. The molecule has 1 heterocycles. The first-order chi connectivity index (χ1) is 16.2. The van der Waals surface area contributed by atoms with Gasteiger partial charge in [-0.25, -0.2) is 0 Å². The molecule has 3 rings (SSSR count). The lowest BCUT2D eigenvalue weighted by atomic mass is 9.95. The number of ketones is 1. The molecular formula is C27H32N2O5. The molecule has 1 N–H and O–H groups in total. The quantitative estimate of drug-likeness (QED) is 0.248. The second-order valence-electron chi connectivity index (χ2n) is 8.66. The highest BCUT2D eigenvalue weighted by Crippen LogP contribution is 2.39. The number of benzene rings is 2. The van der Waals surface area contributed by atoms with Gasteiger partial charge in [-0.15, -0.1) is 0 Å². The first kappa shape index (κ1) is 25.1.